The summed E-state index contributed by atoms with van der Waals surface area (Å²) in [6, 6.07) is 9.95. The molecule has 1 saturated heterocycles. The molecular formula is C13H16N2O. The molecule has 1 heterocycles. The zero-order valence-corrected chi connectivity index (χ0v) is 9.15. The Morgan fingerprint density at radius 2 is 2.12 bits per heavy atom. The van der Waals surface area contributed by atoms with E-state index < -0.39 is 0 Å². The van der Waals surface area contributed by atoms with Crippen LogP contribution in [0.1, 0.15) is 18.0 Å². The summed E-state index contributed by atoms with van der Waals surface area (Å²) in [5.41, 5.74) is 1.14. The van der Waals surface area contributed by atoms with Crippen LogP contribution < -0.4 is 10.6 Å². The van der Waals surface area contributed by atoms with E-state index in [1.54, 1.807) is 6.08 Å². The largest absolute Gasteiger partial charge is 0.347 e. The topological polar surface area (TPSA) is 41.1 Å². The number of carbonyl (C=O) groups excluding carboxylic acids is 1. The van der Waals surface area contributed by atoms with Crippen LogP contribution in [0, 0.1) is 0 Å². The summed E-state index contributed by atoms with van der Waals surface area (Å²) in [5, 5.41) is 6.25. The van der Waals surface area contributed by atoms with Gasteiger partial charge in [0.25, 0.3) is 0 Å². The number of hydrogen-bond donors (Lipinski definition) is 2. The van der Waals surface area contributed by atoms with Crippen LogP contribution in [0.4, 0.5) is 0 Å². The van der Waals surface area contributed by atoms with Crippen molar-refractivity contribution in [3.05, 3.63) is 48.6 Å². The van der Waals surface area contributed by atoms with E-state index in [0.29, 0.717) is 6.42 Å². The second-order valence-electron chi connectivity index (χ2n) is 3.96. The summed E-state index contributed by atoms with van der Waals surface area (Å²) in [4.78, 5) is 11.7. The molecule has 1 aliphatic rings. The molecule has 0 bridgehead atoms. The van der Waals surface area contributed by atoms with Gasteiger partial charge >= 0.3 is 0 Å². The van der Waals surface area contributed by atoms with Crippen LogP contribution in [0.25, 0.3) is 0 Å². The van der Waals surface area contributed by atoms with E-state index in [0.717, 1.165) is 12.1 Å². The molecule has 0 aliphatic carbocycles. The molecule has 16 heavy (non-hydrogen) atoms. The molecule has 0 spiro atoms. The van der Waals surface area contributed by atoms with Crippen LogP contribution in [0.3, 0.4) is 0 Å². The molecule has 0 saturated carbocycles. The highest BCUT2D eigenvalue weighted by molar-refractivity contribution is 5.83. The third kappa shape index (κ3) is 2.31. The standard InChI is InChI=1S/C13H16N2O/c1-2-6-11-13(16)15-12(9-14-11)10-7-4-3-5-8-10/h2-5,7-8,11-12,14H,1,6,9H2,(H,15,16). The summed E-state index contributed by atoms with van der Waals surface area (Å²) in [6.45, 7) is 4.42. The van der Waals surface area contributed by atoms with Gasteiger partial charge in [-0.15, -0.1) is 6.58 Å². The van der Waals surface area contributed by atoms with Gasteiger partial charge in [-0.25, -0.2) is 0 Å². The molecule has 1 aromatic rings. The van der Waals surface area contributed by atoms with Crippen molar-refractivity contribution in [2.45, 2.75) is 18.5 Å². The lowest BCUT2D eigenvalue weighted by Crippen LogP contribution is -2.54. The zero-order chi connectivity index (χ0) is 11.4. The number of nitrogens with one attached hydrogen (secondary N) is 2. The van der Waals surface area contributed by atoms with E-state index in [2.05, 4.69) is 17.2 Å². The first-order valence-electron chi connectivity index (χ1n) is 5.51. The molecule has 0 aromatic heterocycles. The third-order valence-corrected chi connectivity index (χ3v) is 2.81. The highest BCUT2D eigenvalue weighted by Gasteiger charge is 2.26. The van der Waals surface area contributed by atoms with Crippen molar-refractivity contribution in [2.75, 3.05) is 6.54 Å². The summed E-state index contributed by atoms with van der Waals surface area (Å²) in [5.74, 6) is 0.0556. The maximum Gasteiger partial charge on any atom is 0.237 e. The number of amides is 1. The Balaban J connectivity index is 2.02. The second-order valence-corrected chi connectivity index (χ2v) is 3.96. The first kappa shape index (κ1) is 10.9. The molecule has 0 radical (unpaired) electrons. The quantitative estimate of drug-likeness (QED) is 0.750. The number of hydrogen-bond acceptors (Lipinski definition) is 2. The minimum absolute atomic E-state index is 0.0556. The van der Waals surface area contributed by atoms with Crippen molar-refractivity contribution in [2.24, 2.45) is 0 Å². The monoisotopic (exact) mass is 216 g/mol. The minimum Gasteiger partial charge on any atom is -0.347 e. The lowest BCUT2D eigenvalue weighted by molar-refractivity contribution is -0.125. The zero-order valence-electron chi connectivity index (χ0n) is 9.15. The molecule has 1 fully saturated rings. The van der Waals surface area contributed by atoms with E-state index >= 15 is 0 Å². The predicted octanol–water partition coefficient (Wildman–Crippen LogP) is 1.39. The Bertz CT molecular complexity index is 375. The van der Waals surface area contributed by atoms with Crippen molar-refractivity contribution in [3.63, 3.8) is 0 Å². The normalized spacial score (nSPS) is 24.9. The fourth-order valence-electron chi connectivity index (χ4n) is 1.92. The first-order valence-corrected chi connectivity index (χ1v) is 5.51. The smallest absolute Gasteiger partial charge is 0.237 e. The van der Waals surface area contributed by atoms with E-state index in [9.17, 15) is 4.79 Å². The number of rotatable bonds is 3. The highest BCUT2D eigenvalue weighted by Crippen LogP contribution is 2.15. The third-order valence-electron chi connectivity index (χ3n) is 2.81. The molecule has 2 N–H and O–H groups in total. The maximum atomic E-state index is 11.7. The first-order chi connectivity index (χ1) is 7.81. The van der Waals surface area contributed by atoms with Gasteiger partial charge < -0.3 is 10.6 Å². The Hall–Kier alpha value is -1.61. The predicted molar refractivity (Wildman–Crippen MR) is 63.9 cm³/mol. The van der Waals surface area contributed by atoms with E-state index in [4.69, 9.17) is 0 Å². The van der Waals surface area contributed by atoms with E-state index in [1.165, 1.54) is 0 Å². The Morgan fingerprint density at radius 3 is 2.75 bits per heavy atom. The average molecular weight is 216 g/mol. The molecular weight excluding hydrogens is 200 g/mol. The van der Waals surface area contributed by atoms with Crippen molar-refractivity contribution < 1.29 is 4.79 Å². The van der Waals surface area contributed by atoms with Gasteiger partial charge in [0.15, 0.2) is 0 Å². The fourth-order valence-corrected chi connectivity index (χ4v) is 1.92. The van der Waals surface area contributed by atoms with Gasteiger partial charge in [0, 0.05) is 6.54 Å². The van der Waals surface area contributed by atoms with Gasteiger partial charge in [0.2, 0.25) is 5.91 Å². The summed E-state index contributed by atoms with van der Waals surface area (Å²) >= 11 is 0. The Kier molecular flexibility index (Phi) is 3.37. The Labute approximate surface area is 95.6 Å². The number of carbonyl (C=O) groups is 1. The number of benzene rings is 1. The molecule has 2 atom stereocenters. The van der Waals surface area contributed by atoms with Crippen LogP contribution >= 0.6 is 0 Å². The lowest BCUT2D eigenvalue weighted by atomic mass is 10.0. The lowest BCUT2D eigenvalue weighted by Gasteiger charge is -2.30. The van der Waals surface area contributed by atoms with Crippen molar-refractivity contribution in [1.29, 1.82) is 0 Å². The molecule has 3 heteroatoms. The summed E-state index contributed by atoms with van der Waals surface area (Å²) in [7, 11) is 0. The Morgan fingerprint density at radius 1 is 1.38 bits per heavy atom. The van der Waals surface area contributed by atoms with Crippen LogP contribution in [-0.2, 0) is 4.79 Å². The molecule has 3 nitrogen and oxygen atoms in total. The van der Waals surface area contributed by atoms with Crippen molar-refractivity contribution >= 4 is 5.91 Å². The molecule has 2 unspecified atom stereocenters. The van der Waals surface area contributed by atoms with Crippen molar-refractivity contribution in [1.82, 2.24) is 10.6 Å². The van der Waals surface area contributed by atoms with Gasteiger partial charge in [-0.2, -0.15) is 0 Å². The van der Waals surface area contributed by atoms with Crippen molar-refractivity contribution in [3.8, 4) is 0 Å². The fraction of sp³-hybridized carbons (Fsp3) is 0.308. The highest BCUT2D eigenvalue weighted by atomic mass is 16.2. The SMILES string of the molecule is C=CCC1NCC(c2ccccc2)NC1=O. The minimum atomic E-state index is -0.127. The van der Waals surface area contributed by atoms with Gasteiger partial charge in [-0.05, 0) is 12.0 Å². The average Bonchev–Trinajstić information content (AvgIpc) is 2.33. The van der Waals surface area contributed by atoms with E-state index in [1.807, 2.05) is 30.3 Å². The molecule has 1 aliphatic heterocycles. The van der Waals surface area contributed by atoms with Crippen LogP contribution in [0.15, 0.2) is 43.0 Å². The maximum absolute atomic E-state index is 11.7. The van der Waals surface area contributed by atoms with Gasteiger partial charge in [-0.1, -0.05) is 36.4 Å². The van der Waals surface area contributed by atoms with Gasteiger partial charge in [0.1, 0.15) is 0 Å². The summed E-state index contributed by atoms with van der Waals surface area (Å²) < 4.78 is 0. The summed E-state index contributed by atoms with van der Waals surface area (Å²) in [6.07, 6.45) is 2.44. The molecule has 1 amide bonds. The van der Waals surface area contributed by atoms with Crippen LogP contribution in [-0.4, -0.2) is 18.5 Å². The van der Waals surface area contributed by atoms with Crippen LogP contribution in [0.5, 0.6) is 0 Å². The van der Waals surface area contributed by atoms with Gasteiger partial charge in [0.05, 0.1) is 12.1 Å². The number of piperazine rings is 1. The van der Waals surface area contributed by atoms with Gasteiger partial charge in [-0.3, -0.25) is 4.79 Å². The molecule has 2 rings (SSSR count). The molecule has 1 aromatic carbocycles. The van der Waals surface area contributed by atoms with E-state index in [-0.39, 0.29) is 18.0 Å². The second kappa shape index (κ2) is 4.94. The van der Waals surface area contributed by atoms with Crippen LogP contribution in [0.2, 0.25) is 0 Å². The molecule has 84 valence electrons.